The third-order valence-corrected chi connectivity index (χ3v) is 2.34. The van der Waals surface area contributed by atoms with Crippen LogP contribution in [-0.2, 0) is 14.3 Å². The van der Waals surface area contributed by atoms with Gasteiger partial charge in [0.25, 0.3) is 10.1 Å². The Hall–Kier alpha value is -0.530. The molecule has 0 saturated carbocycles. The van der Waals surface area contributed by atoms with Crippen molar-refractivity contribution < 1.29 is 12.6 Å². The van der Waals surface area contributed by atoms with Crippen molar-refractivity contribution in [2.24, 2.45) is 0 Å². The van der Waals surface area contributed by atoms with Crippen molar-refractivity contribution >= 4 is 10.1 Å². The van der Waals surface area contributed by atoms with E-state index in [1.807, 2.05) is 0 Å². The summed E-state index contributed by atoms with van der Waals surface area (Å²) in [5, 5.41) is 0. The van der Waals surface area contributed by atoms with Gasteiger partial charge in [0.05, 0.1) is 6.26 Å². The normalized spacial score (nSPS) is 12.5. The molecule has 0 fully saturated rings. The molecule has 0 bridgehead atoms. The van der Waals surface area contributed by atoms with Crippen LogP contribution in [0.2, 0.25) is 0 Å². The zero-order valence-corrected chi connectivity index (χ0v) is 8.44. The van der Waals surface area contributed by atoms with Gasteiger partial charge in [0.15, 0.2) is 0 Å². The van der Waals surface area contributed by atoms with Crippen LogP contribution in [0.4, 0.5) is 0 Å². The molecule has 70 valence electrons. The van der Waals surface area contributed by atoms with Crippen molar-refractivity contribution in [3.63, 3.8) is 0 Å². The Balaban J connectivity index is 4.68. The average Bonchev–Trinajstić information content (AvgIpc) is 1.99. The van der Waals surface area contributed by atoms with Gasteiger partial charge >= 0.3 is 0 Å². The predicted molar refractivity (Wildman–Crippen MR) is 48.1 cm³/mol. The Bertz CT molecular complexity index is 267. The zero-order valence-electron chi connectivity index (χ0n) is 7.62. The molecular formula is C8H14O3S. The van der Waals surface area contributed by atoms with Gasteiger partial charge in [-0.2, -0.15) is 8.42 Å². The molecule has 0 aromatic heterocycles. The van der Waals surface area contributed by atoms with Crippen LogP contribution < -0.4 is 0 Å². The highest BCUT2D eigenvalue weighted by Crippen LogP contribution is 2.21. The third-order valence-electron chi connectivity index (χ3n) is 1.72. The number of hydrogen-bond donors (Lipinski definition) is 0. The predicted octanol–water partition coefficient (Wildman–Crippen LogP) is 1.15. The smallest absolute Gasteiger partial charge is 0.251 e. The minimum Gasteiger partial charge on any atom is -0.251 e. The van der Waals surface area contributed by atoms with Gasteiger partial charge in [-0.1, -0.05) is 19.8 Å². The second kappa shape index (κ2) is 3.92. The molecular weight excluding hydrogens is 176 g/mol. The van der Waals surface area contributed by atoms with Crippen LogP contribution in [0.15, 0.2) is 0 Å². The average molecular weight is 190 g/mol. The van der Waals surface area contributed by atoms with Gasteiger partial charge in [0, 0.05) is 0 Å². The van der Waals surface area contributed by atoms with Gasteiger partial charge < -0.3 is 0 Å². The highest BCUT2D eigenvalue weighted by molar-refractivity contribution is 7.86. The fraction of sp³-hybridized carbons (Fsp3) is 0.750. The second-order valence-electron chi connectivity index (χ2n) is 2.63. The molecule has 0 atom stereocenters. The molecule has 0 N–H and O–H groups in total. The molecule has 0 spiro atoms. The standard InChI is InChI=1S/C8H14O3S/c1-5-8(6-2,7-3)11-12(4,9)10/h1H,6-7H2,2-4H3. The summed E-state index contributed by atoms with van der Waals surface area (Å²) in [6.45, 7) is 3.60. The monoisotopic (exact) mass is 190 g/mol. The molecule has 0 aromatic rings. The first-order chi connectivity index (χ1) is 5.39. The second-order valence-corrected chi connectivity index (χ2v) is 4.21. The Kier molecular flexibility index (Phi) is 3.75. The third kappa shape index (κ3) is 3.24. The van der Waals surface area contributed by atoms with Gasteiger partial charge in [0.2, 0.25) is 0 Å². The molecule has 0 aliphatic heterocycles. The summed E-state index contributed by atoms with van der Waals surface area (Å²) in [5.41, 5.74) is -0.951. The van der Waals surface area contributed by atoms with Crippen molar-refractivity contribution in [2.75, 3.05) is 6.26 Å². The lowest BCUT2D eigenvalue weighted by molar-refractivity contribution is 0.131. The van der Waals surface area contributed by atoms with E-state index in [1.54, 1.807) is 13.8 Å². The minimum absolute atomic E-state index is 0.493. The van der Waals surface area contributed by atoms with E-state index in [0.29, 0.717) is 12.8 Å². The largest absolute Gasteiger partial charge is 0.265 e. The first kappa shape index (κ1) is 11.5. The van der Waals surface area contributed by atoms with E-state index in [-0.39, 0.29) is 0 Å². The van der Waals surface area contributed by atoms with Gasteiger partial charge in [-0.15, -0.1) is 6.42 Å². The molecule has 0 amide bonds. The molecule has 4 heteroatoms. The molecule has 0 unspecified atom stereocenters. The molecule has 0 aliphatic carbocycles. The summed E-state index contributed by atoms with van der Waals surface area (Å²) in [6.07, 6.45) is 7.19. The van der Waals surface area contributed by atoms with Crippen molar-refractivity contribution in [2.45, 2.75) is 32.3 Å². The Morgan fingerprint density at radius 2 is 1.83 bits per heavy atom. The van der Waals surface area contributed by atoms with Crippen LogP contribution in [0, 0.1) is 12.3 Å². The lowest BCUT2D eigenvalue weighted by Gasteiger charge is -2.23. The molecule has 0 heterocycles. The van der Waals surface area contributed by atoms with Gasteiger partial charge in [0.1, 0.15) is 5.60 Å². The summed E-state index contributed by atoms with van der Waals surface area (Å²) in [4.78, 5) is 0. The Labute approximate surface area is 74.2 Å². The quantitative estimate of drug-likeness (QED) is 0.493. The maximum atomic E-state index is 10.8. The highest BCUT2D eigenvalue weighted by Gasteiger charge is 2.28. The van der Waals surface area contributed by atoms with Crippen molar-refractivity contribution in [1.82, 2.24) is 0 Å². The maximum absolute atomic E-state index is 10.8. The Morgan fingerprint density at radius 1 is 1.42 bits per heavy atom. The minimum atomic E-state index is -3.46. The van der Waals surface area contributed by atoms with Crippen molar-refractivity contribution in [3.05, 3.63) is 0 Å². The van der Waals surface area contributed by atoms with E-state index in [9.17, 15) is 8.42 Å². The maximum Gasteiger partial charge on any atom is 0.265 e. The van der Waals surface area contributed by atoms with Gasteiger partial charge in [-0.25, -0.2) is 0 Å². The van der Waals surface area contributed by atoms with E-state index in [4.69, 9.17) is 10.6 Å². The summed E-state index contributed by atoms with van der Waals surface area (Å²) < 4.78 is 26.4. The summed E-state index contributed by atoms with van der Waals surface area (Å²) in [7, 11) is -3.46. The SMILES string of the molecule is C#CC(CC)(CC)OS(C)(=O)=O. The molecule has 3 nitrogen and oxygen atoms in total. The van der Waals surface area contributed by atoms with Crippen LogP contribution >= 0.6 is 0 Å². The Morgan fingerprint density at radius 3 is 1.92 bits per heavy atom. The van der Waals surface area contributed by atoms with E-state index in [0.717, 1.165) is 6.26 Å². The fourth-order valence-electron chi connectivity index (χ4n) is 0.886. The zero-order chi connectivity index (χ0) is 9.83. The number of hydrogen-bond acceptors (Lipinski definition) is 3. The molecule has 0 saturated heterocycles. The number of rotatable bonds is 4. The molecule has 12 heavy (non-hydrogen) atoms. The lowest BCUT2D eigenvalue weighted by Crippen LogP contribution is -2.31. The van der Waals surface area contributed by atoms with Crippen LogP contribution in [0.3, 0.4) is 0 Å². The van der Waals surface area contributed by atoms with E-state index < -0.39 is 15.7 Å². The number of terminal acetylenes is 1. The summed E-state index contributed by atoms with van der Waals surface area (Å²) >= 11 is 0. The fourth-order valence-corrected chi connectivity index (χ4v) is 1.75. The van der Waals surface area contributed by atoms with Crippen LogP contribution in [-0.4, -0.2) is 20.3 Å². The van der Waals surface area contributed by atoms with E-state index in [1.165, 1.54) is 0 Å². The first-order valence-electron chi connectivity index (χ1n) is 3.77. The molecule has 0 radical (unpaired) electrons. The molecule has 0 rings (SSSR count). The summed E-state index contributed by atoms with van der Waals surface area (Å²) in [6, 6.07) is 0. The van der Waals surface area contributed by atoms with Crippen LogP contribution in [0.5, 0.6) is 0 Å². The van der Waals surface area contributed by atoms with Gasteiger partial charge in [-0.3, -0.25) is 4.18 Å². The highest BCUT2D eigenvalue weighted by atomic mass is 32.2. The van der Waals surface area contributed by atoms with Crippen molar-refractivity contribution in [1.29, 1.82) is 0 Å². The lowest BCUT2D eigenvalue weighted by atomic mass is 9.99. The summed E-state index contributed by atoms with van der Waals surface area (Å²) in [5.74, 6) is 2.37. The van der Waals surface area contributed by atoms with Crippen molar-refractivity contribution in [3.8, 4) is 12.3 Å². The van der Waals surface area contributed by atoms with E-state index >= 15 is 0 Å². The topological polar surface area (TPSA) is 43.4 Å². The molecule has 0 aliphatic rings. The van der Waals surface area contributed by atoms with E-state index in [2.05, 4.69) is 5.92 Å². The molecule has 0 aromatic carbocycles. The van der Waals surface area contributed by atoms with Crippen LogP contribution in [0.1, 0.15) is 26.7 Å². The first-order valence-corrected chi connectivity index (χ1v) is 5.59. The van der Waals surface area contributed by atoms with Crippen LogP contribution in [0.25, 0.3) is 0 Å². The van der Waals surface area contributed by atoms with Gasteiger partial charge in [-0.05, 0) is 12.8 Å².